The van der Waals surface area contributed by atoms with Crippen molar-refractivity contribution in [2.75, 3.05) is 18.2 Å². The van der Waals surface area contributed by atoms with Gasteiger partial charge in [0.1, 0.15) is 0 Å². The van der Waals surface area contributed by atoms with Crippen LogP contribution in [-0.4, -0.2) is 17.9 Å². The molecule has 2 nitrogen and oxygen atoms in total. The van der Waals surface area contributed by atoms with Crippen molar-refractivity contribution in [2.24, 2.45) is 0 Å². The Morgan fingerprint density at radius 1 is 0.429 bits per heavy atom. The maximum atomic E-state index is 2.60. The molecule has 13 rings (SSSR count). The Kier molecular flexibility index (Phi) is 7.57. The summed E-state index contributed by atoms with van der Waals surface area (Å²) in [5.41, 5.74) is 20.0. The Morgan fingerprint density at radius 3 is 1.89 bits per heavy atom. The molecule has 1 aromatic heterocycles. The first-order valence-electron chi connectivity index (χ1n) is 22.4. The van der Waals surface area contributed by atoms with Crippen LogP contribution in [-0.2, 0) is 10.8 Å². The van der Waals surface area contributed by atoms with E-state index in [2.05, 4.69) is 243 Å². The Hall–Kier alpha value is -6.99. The van der Waals surface area contributed by atoms with E-state index in [-0.39, 0.29) is 5.41 Å². The number of fused-ring (bicyclic) bond motifs is 14. The molecule has 10 aromatic rings. The van der Waals surface area contributed by atoms with Crippen LogP contribution in [0.4, 0.5) is 17.1 Å². The Labute approximate surface area is 370 Å². The molecule has 2 aliphatic heterocycles. The molecule has 1 spiro atoms. The molecular formula is C60H47N2P. The first kappa shape index (κ1) is 36.6. The van der Waals surface area contributed by atoms with E-state index < -0.39 is 12.7 Å². The SMILES string of the molecule is CC1(C)c2ccccc2-c2ccc(N(c3ccc4c(c3)[PH](C)(C)c3ccccc3C43c4ccccc4-n4c5ccccc5c5cccc3c54)c3ccccc3-c3ccccc3)cc21. The number of anilines is 3. The van der Waals surface area contributed by atoms with Gasteiger partial charge in [0.25, 0.3) is 0 Å². The predicted molar refractivity (Wildman–Crippen MR) is 270 cm³/mol. The summed E-state index contributed by atoms with van der Waals surface area (Å²) in [5, 5.41) is 5.58. The van der Waals surface area contributed by atoms with E-state index in [1.807, 2.05) is 0 Å². The van der Waals surface area contributed by atoms with Crippen LogP contribution in [0.2, 0.25) is 0 Å². The molecule has 0 N–H and O–H groups in total. The van der Waals surface area contributed by atoms with Crippen LogP contribution in [0.25, 0.3) is 49.7 Å². The number of para-hydroxylation sites is 4. The molecule has 0 radical (unpaired) electrons. The zero-order valence-corrected chi connectivity index (χ0v) is 37.0. The third-order valence-corrected chi connectivity index (χ3v) is 18.6. The van der Waals surface area contributed by atoms with Gasteiger partial charge in [-0.3, -0.25) is 0 Å². The van der Waals surface area contributed by atoms with Crippen LogP contribution >= 0.6 is 7.26 Å². The first-order chi connectivity index (χ1) is 30.8. The fourth-order valence-electron chi connectivity index (χ4n) is 12.2. The van der Waals surface area contributed by atoms with Gasteiger partial charge in [-0.15, -0.1) is 0 Å². The molecule has 9 aromatic carbocycles. The molecule has 3 heterocycles. The number of hydrogen-bond donors (Lipinski definition) is 0. The van der Waals surface area contributed by atoms with Gasteiger partial charge in [0, 0.05) is 0 Å². The molecule has 3 aliphatic rings. The maximum absolute atomic E-state index is 2.60. The number of hydrogen-bond acceptors (Lipinski definition) is 1. The van der Waals surface area contributed by atoms with E-state index >= 15 is 0 Å². The summed E-state index contributed by atoms with van der Waals surface area (Å²) in [6, 6.07) is 78.3. The van der Waals surface area contributed by atoms with E-state index in [0.717, 1.165) is 0 Å². The standard InChI is InChI=1S/C60H47N2P/c1-59(2)47-25-11-8-22-43(47)44-35-33-40(37-52(44)59)61(53-29-14-9-21-42(53)39-19-6-5-7-20-39)41-34-36-50-57(38-41)63(3,4)56-32-17-13-27-49(56)60(50)48-26-12-16-31-55(48)62-54-30-15-10-23-45(54)46-24-18-28-51(60)58(46)62/h5-38,63H,1-4H3. The molecule has 302 valence electrons. The molecule has 1 aliphatic carbocycles. The van der Waals surface area contributed by atoms with Crippen LogP contribution in [0.15, 0.2) is 206 Å². The fraction of sp³-hybridized carbons (Fsp3) is 0.100. The summed E-state index contributed by atoms with van der Waals surface area (Å²) >= 11 is 0. The van der Waals surface area contributed by atoms with Gasteiger partial charge >= 0.3 is 372 Å². The van der Waals surface area contributed by atoms with Crippen molar-refractivity contribution in [1.29, 1.82) is 0 Å². The van der Waals surface area contributed by atoms with Crippen molar-refractivity contribution < 1.29 is 0 Å². The fourth-order valence-corrected chi connectivity index (χ4v) is 15.4. The minimum absolute atomic E-state index is 0.134. The topological polar surface area (TPSA) is 8.17 Å². The molecule has 0 fully saturated rings. The van der Waals surface area contributed by atoms with Gasteiger partial charge in [-0.2, -0.15) is 0 Å². The van der Waals surface area contributed by atoms with Crippen LogP contribution in [0.1, 0.15) is 47.2 Å². The predicted octanol–water partition coefficient (Wildman–Crippen LogP) is 14.2. The third kappa shape index (κ3) is 4.77. The summed E-state index contributed by atoms with van der Waals surface area (Å²) in [5.74, 6) is 0. The van der Waals surface area contributed by atoms with Gasteiger partial charge in [0.15, 0.2) is 0 Å². The summed E-state index contributed by atoms with van der Waals surface area (Å²) in [6.45, 7) is 9.92. The third-order valence-electron chi connectivity index (χ3n) is 15.0. The van der Waals surface area contributed by atoms with Crippen molar-refractivity contribution >= 4 is 56.7 Å². The minimum atomic E-state index is -2.34. The Morgan fingerprint density at radius 2 is 1.03 bits per heavy atom. The van der Waals surface area contributed by atoms with E-state index in [1.165, 1.54) is 111 Å². The zero-order valence-electron chi connectivity index (χ0n) is 36.0. The Balaban J connectivity index is 1.12. The number of rotatable bonds is 4. The van der Waals surface area contributed by atoms with Crippen LogP contribution < -0.4 is 15.5 Å². The van der Waals surface area contributed by atoms with Crippen molar-refractivity contribution in [3.05, 3.63) is 240 Å². The average Bonchev–Trinajstić information content (AvgIpc) is 3.79. The molecular weight excluding hydrogens is 780 g/mol. The number of nitrogens with zero attached hydrogens (tertiary/aromatic N) is 2. The van der Waals surface area contributed by atoms with E-state index in [1.54, 1.807) is 0 Å². The number of benzene rings is 9. The molecule has 0 bridgehead atoms. The van der Waals surface area contributed by atoms with Crippen LogP contribution in [0.5, 0.6) is 0 Å². The van der Waals surface area contributed by atoms with Gasteiger partial charge in [0.2, 0.25) is 0 Å². The normalized spacial score (nSPS) is 17.4. The molecule has 63 heavy (non-hydrogen) atoms. The molecule has 0 saturated carbocycles. The average molecular weight is 827 g/mol. The van der Waals surface area contributed by atoms with E-state index in [4.69, 9.17) is 0 Å². The second-order valence-corrected chi connectivity index (χ2v) is 23.2. The summed E-state index contributed by atoms with van der Waals surface area (Å²) in [4.78, 5) is 2.55. The first-order valence-corrected chi connectivity index (χ1v) is 25.4. The van der Waals surface area contributed by atoms with Gasteiger partial charge in [-0.25, -0.2) is 0 Å². The molecule has 1 atom stereocenters. The van der Waals surface area contributed by atoms with Gasteiger partial charge in [0.05, 0.1) is 0 Å². The summed E-state index contributed by atoms with van der Waals surface area (Å²) in [7, 11) is -2.34. The molecule has 0 saturated heterocycles. The zero-order chi connectivity index (χ0) is 42.2. The second-order valence-electron chi connectivity index (χ2n) is 18.8. The molecule has 1 unspecified atom stereocenters. The van der Waals surface area contributed by atoms with Crippen molar-refractivity contribution in [3.8, 4) is 27.9 Å². The van der Waals surface area contributed by atoms with Crippen molar-refractivity contribution in [3.63, 3.8) is 0 Å². The van der Waals surface area contributed by atoms with E-state index in [0.29, 0.717) is 0 Å². The monoisotopic (exact) mass is 826 g/mol. The second kappa shape index (κ2) is 13.0. The van der Waals surface area contributed by atoms with Gasteiger partial charge in [-0.05, 0) is 0 Å². The van der Waals surface area contributed by atoms with Gasteiger partial charge < -0.3 is 0 Å². The Bertz CT molecular complexity index is 3540. The van der Waals surface area contributed by atoms with Gasteiger partial charge in [-0.1, -0.05) is 0 Å². The van der Waals surface area contributed by atoms with E-state index in [9.17, 15) is 0 Å². The summed E-state index contributed by atoms with van der Waals surface area (Å²) in [6.07, 6.45) is 0. The van der Waals surface area contributed by atoms with Crippen molar-refractivity contribution in [2.45, 2.75) is 24.7 Å². The molecule has 0 amide bonds. The number of aromatic nitrogens is 1. The van der Waals surface area contributed by atoms with Crippen molar-refractivity contribution in [1.82, 2.24) is 4.57 Å². The quantitative estimate of drug-likeness (QED) is 0.161. The summed E-state index contributed by atoms with van der Waals surface area (Å²) < 4.78 is 2.55. The molecule has 3 heteroatoms. The van der Waals surface area contributed by atoms with Crippen LogP contribution in [0, 0.1) is 0 Å². The van der Waals surface area contributed by atoms with Crippen LogP contribution in [0.3, 0.4) is 0 Å².